The highest BCUT2D eigenvalue weighted by molar-refractivity contribution is 5.45. The average molecular weight is 211 g/mol. The van der Waals surface area contributed by atoms with Crippen LogP contribution in [0.2, 0.25) is 0 Å². The second-order valence-electron chi connectivity index (χ2n) is 4.27. The van der Waals surface area contributed by atoms with Crippen molar-refractivity contribution in [2.45, 2.75) is 32.5 Å². The van der Waals surface area contributed by atoms with E-state index in [-0.39, 0.29) is 0 Å². The Morgan fingerprint density at radius 3 is 2.40 bits per heavy atom. The Labute approximate surface area is 90.2 Å². The van der Waals surface area contributed by atoms with Crippen molar-refractivity contribution in [1.29, 1.82) is 0 Å². The molecule has 0 bridgehead atoms. The minimum atomic E-state index is -1.05. The average Bonchev–Trinajstić information content (AvgIpc) is 2.15. The van der Waals surface area contributed by atoms with Gasteiger partial charge < -0.3 is 10.5 Å². The number of hydrogen-bond acceptors (Lipinski definition) is 2. The lowest BCUT2D eigenvalue weighted by atomic mass is 9.92. The van der Waals surface area contributed by atoms with Crippen molar-refractivity contribution < 1.29 is 9.13 Å². The van der Waals surface area contributed by atoms with Crippen LogP contribution in [0.15, 0.2) is 18.2 Å². The highest BCUT2D eigenvalue weighted by atomic mass is 19.1. The zero-order chi connectivity index (χ0) is 11.6. The van der Waals surface area contributed by atoms with Gasteiger partial charge in [-0.05, 0) is 20.8 Å². The molecule has 0 aliphatic rings. The van der Waals surface area contributed by atoms with Gasteiger partial charge in [0.15, 0.2) is 0 Å². The Kier molecular flexibility index (Phi) is 3.35. The van der Waals surface area contributed by atoms with Gasteiger partial charge in [0.05, 0.1) is 7.11 Å². The molecule has 84 valence electrons. The molecule has 1 aromatic carbocycles. The van der Waals surface area contributed by atoms with Gasteiger partial charge in [-0.3, -0.25) is 0 Å². The Bertz CT molecular complexity index is 342. The third-order valence-electron chi connectivity index (χ3n) is 2.37. The minimum Gasteiger partial charge on any atom is -0.496 e. The summed E-state index contributed by atoms with van der Waals surface area (Å²) in [4.78, 5) is 0. The summed E-state index contributed by atoms with van der Waals surface area (Å²) >= 11 is 0. The highest BCUT2D eigenvalue weighted by Crippen LogP contribution is 2.35. The van der Waals surface area contributed by atoms with Crippen LogP contribution in [0.1, 0.15) is 38.1 Å². The maximum Gasteiger partial charge on any atom is 0.129 e. The van der Waals surface area contributed by atoms with E-state index in [1.807, 2.05) is 19.9 Å². The van der Waals surface area contributed by atoms with Gasteiger partial charge in [0.2, 0.25) is 0 Å². The topological polar surface area (TPSA) is 35.2 Å². The first-order valence-corrected chi connectivity index (χ1v) is 4.98. The summed E-state index contributed by atoms with van der Waals surface area (Å²) in [6, 6.07) is 5.39. The van der Waals surface area contributed by atoms with Gasteiger partial charge in [-0.15, -0.1) is 0 Å². The van der Waals surface area contributed by atoms with E-state index in [1.54, 1.807) is 12.1 Å². The van der Waals surface area contributed by atoms with Gasteiger partial charge >= 0.3 is 0 Å². The van der Waals surface area contributed by atoms with E-state index < -0.39 is 11.7 Å². The van der Waals surface area contributed by atoms with E-state index in [1.165, 1.54) is 14.0 Å². The predicted octanol–water partition coefficient (Wildman–Crippen LogP) is 2.92. The molecule has 1 aromatic rings. The van der Waals surface area contributed by atoms with Crippen LogP contribution in [0.3, 0.4) is 0 Å². The summed E-state index contributed by atoms with van der Waals surface area (Å²) in [5.41, 5.74) is 6.84. The lowest BCUT2D eigenvalue weighted by Crippen LogP contribution is -2.29. The molecule has 0 fully saturated rings. The third-order valence-corrected chi connectivity index (χ3v) is 2.37. The number of nitrogens with two attached hydrogens (primary N) is 1. The van der Waals surface area contributed by atoms with Crippen molar-refractivity contribution in [1.82, 2.24) is 0 Å². The summed E-state index contributed by atoms with van der Waals surface area (Å²) in [7, 11) is 1.54. The zero-order valence-corrected chi connectivity index (χ0v) is 9.67. The Morgan fingerprint density at radius 1 is 1.40 bits per heavy atom. The molecule has 0 spiro atoms. The molecule has 0 amide bonds. The van der Waals surface area contributed by atoms with Crippen molar-refractivity contribution in [3.63, 3.8) is 0 Å². The summed E-state index contributed by atoms with van der Waals surface area (Å²) in [6.07, 6.45) is -1.05. The summed E-state index contributed by atoms with van der Waals surface area (Å²) < 4.78 is 18.6. The van der Waals surface area contributed by atoms with Gasteiger partial charge in [0.25, 0.3) is 0 Å². The normalized spacial score (nSPS) is 13.7. The van der Waals surface area contributed by atoms with E-state index in [4.69, 9.17) is 10.5 Å². The maximum atomic E-state index is 13.3. The second kappa shape index (κ2) is 4.19. The van der Waals surface area contributed by atoms with Crippen molar-refractivity contribution in [3.05, 3.63) is 29.3 Å². The van der Waals surface area contributed by atoms with Crippen LogP contribution in [0.25, 0.3) is 0 Å². The number of halogens is 1. The first kappa shape index (κ1) is 12.0. The summed E-state index contributed by atoms with van der Waals surface area (Å²) in [5.74, 6) is 0.556. The molecule has 0 aromatic heterocycles. The van der Waals surface area contributed by atoms with Crippen molar-refractivity contribution in [2.75, 3.05) is 7.11 Å². The van der Waals surface area contributed by atoms with Gasteiger partial charge in [0, 0.05) is 16.7 Å². The standard InChI is InChI=1S/C12H18FNO/c1-8(13)9-6-5-7-10(11(9)15-4)12(2,3)14/h5-8H,14H2,1-4H3. The molecule has 1 unspecified atom stereocenters. The molecule has 1 atom stereocenters. The fourth-order valence-corrected chi connectivity index (χ4v) is 1.60. The minimum absolute atomic E-state index is 0.532. The van der Waals surface area contributed by atoms with Gasteiger partial charge in [-0.25, -0.2) is 4.39 Å². The predicted molar refractivity (Wildman–Crippen MR) is 59.7 cm³/mol. The van der Waals surface area contributed by atoms with E-state index in [9.17, 15) is 4.39 Å². The number of methoxy groups -OCH3 is 1. The van der Waals surface area contributed by atoms with Gasteiger partial charge in [0.1, 0.15) is 11.9 Å². The van der Waals surface area contributed by atoms with Gasteiger partial charge in [-0.1, -0.05) is 18.2 Å². The van der Waals surface area contributed by atoms with E-state index >= 15 is 0 Å². The fraction of sp³-hybridized carbons (Fsp3) is 0.500. The van der Waals surface area contributed by atoms with Crippen molar-refractivity contribution >= 4 is 0 Å². The Hall–Kier alpha value is -1.09. The zero-order valence-electron chi connectivity index (χ0n) is 9.67. The molecule has 0 radical (unpaired) electrons. The molecule has 3 heteroatoms. The maximum absolute atomic E-state index is 13.3. The SMILES string of the molecule is COc1c(C(C)F)cccc1C(C)(C)N. The van der Waals surface area contributed by atoms with Crippen molar-refractivity contribution in [3.8, 4) is 5.75 Å². The smallest absolute Gasteiger partial charge is 0.129 e. The van der Waals surface area contributed by atoms with Crippen LogP contribution in [0.5, 0.6) is 5.75 Å². The Balaban J connectivity index is 3.35. The molecule has 0 aliphatic carbocycles. The van der Waals surface area contributed by atoms with Crippen LogP contribution in [0.4, 0.5) is 4.39 Å². The summed E-state index contributed by atoms with van der Waals surface area (Å²) in [5, 5.41) is 0. The number of rotatable bonds is 3. The molecular weight excluding hydrogens is 193 g/mol. The number of benzene rings is 1. The first-order valence-electron chi connectivity index (χ1n) is 4.98. The van der Waals surface area contributed by atoms with Crippen LogP contribution < -0.4 is 10.5 Å². The van der Waals surface area contributed by atoms with Crippen LogP contribution in [-0.4, -0.2) is 7.11 Å². The van der Waals surface area contributed by atoms with Gasteiger partial charge in [-0.2, -0.15) is 0 Å². The molecule has 2 nitrogen and oxygen atoms in total. The van der Waals surface area contributed by atoms with E-state index in [2.05, 4.69) is 0 Å². The lowest BCUT2D eigenvalue weighted by Gasteiger charge is -2.24. The first-order chi connectivity index (χ1) is 6.88. The lowest BCUT2D eigenvalue weighted by molar-refractivity contribution is 0.339. The molecule has 15 heavy (non-hydrogen) atoms. The largest absolute Gasteiger partial charge is 0.496 e. The highest BCUT2D eigenvalue weighted by Gasteiger charge is 2.22. The molecule has 0 aliphatic heterocycles. The number of alkyl halides is 1. The van der Waals surface area contributed by atoms with Crippen LogP contribution >= 0.6 is 0 Å². The van der Waals surface area contributed by atoms with E-state index in [0.717, 1.165) is 5.56 Å². The Morgan fingerprint density at radius 2 is 2.00 bits per heavy atom. The molecule has 1 rings (SSSR count). The monoisotopic (exact) mass is 211 g/mol. The molecular formula is C12H18FNO. The third kappa shape index (κ3) is 2.48. The number of para-hydroxylation sites is 1. The quantitative estimate of drug-likeness (QED) is 0.834. The second-order valence-corrected chi connectivity index (χ2v) is 4.27. The molecule has 0 saturated heterocycles. The summed E-state index contributed by atoms with van der Waals surface area (Å²) in [6.45, 7) is 5.24. The molecule has 0 saturated carbocycles. The van der Waals surface area contributed by atoms with Crippen LogP contribution in [0, 0.1) is 0 Å². The molecule has 2 N–H and O–H groups in total. The number of ether oxygens (including phenoxy) is 1. The number of hydrogen-bond donors (Lipinski definition) is 1. The fourth-order valence-electron chi connectivity index (χ4n) is 1.60. The van der Waals surface area contributed by atoms with E-state index in [0.29, 0.717) is 11.3 Å². The van der Waals surface area contributed by atoms with Crippen LogP contribution in [-0.2, 0) is 5.54 Å². The molecule has 0 heterocycles. The van der Waals surface area contributed by atoms with Crippen molar-refractivity contribution in [2.24, 2.45) is 5.73 Å².